The van der Waals surface area contributed by atoms with Gasteiger partial charge < -0.3 is 5.32 Å². The van der Waals surface area contributed by atoms with Crippen molar-refractivity contribution in [3.63, 3.8) is 0 Å². The van der Waals surface area contributed by atoms with Crippen molar-refractivity contribution in [2.24, 2.45) is 0 Å². The second kappa shape index (κ2) is 6.68. The summed E-state index contributed by atoms with van der Waals surface area (Å²) in [7, 11) is 0. The average Bonchev–Trinajstić information content (AvgIpc) is 2.89. The van der Waals surface area contributed by atoms with E-state index < -0.39 is 0 Å². The molecule has 0 aliphatic heterocycles. The fourth-order valence-electron chi connectivity index (χ4n) is 2.26. The Morgan fingerprint density at radius 3 is 2.74 bits per heavy atom. The van der Waals surface area contributed by atoms with Gasteiger partial charge >= 0.3 is 0 Å². The van der Waals surface area contributed by atoms with Crippen LogP contribution in [0.1, 0.15) is 11.1 Å². The lowest BCUT2D eigenvalue weighted by molar-refractivity contribution is -0.113. The topological polar surface area (TPSA) is 42.0 Å². The predicted octanol–water partition coefficient (Wildman–Crippen LogP) is 4.78. The van der Waals surface area contributed by atoms with Crippen LogP contribution in [-0.2, 0) is 4.79 Å². The Balaban J connectivity index is 1.65. The molecule has 0 fully saturated rings. The molecule has 0 radical (unpaired) electrons. The summed E-state index contributed by atoms with van der Waals surface area (Å²) in [6.45, 7) is 4.06. The first kappa shape index (κ1) is 16.0. The number of fused-ring (bicyclic) bond motifs is 1. The smallest absolute Gasteiger partial charge is 0.236 e. The number of nitrogens with one attached hydrogen (secondary N) is 1. The van der Waals surface area contributed by atoms with Crippen LogP contribution >= 0.6 is 23.1 Å². The fraction of sp³-hybridized carbons (Fsp3) is 0.176. The minimum Gasteiger partial charge on any atom is -0.301 e. The Kier molecular flexibility index (Phi) is 4.63. The molecule has 3 nitrogen and oxygen atoms in total. The lowest BCUT2D eigenvalue weighted by Gasteiger charge is -2.02. The Morgan fingerprint density at radius 2 is 2.00 bits per heavy atom. The molecule has 0 aliphatic carbocycles. The van der Waals surface area contributed by atoms with Gasteiger partial charge in [0.25, 0.3) is 0 Å². The van der Waals surface area contributed by atoms with E-state index >= 15 is 0 Å². The number of nitrogens with zero attached hydrogens (tertiary/aromatic N) is 1. The Hall–Kier alpha value is -1.92. The molecule has 1 amide bonds. The zero-order valence-electron chi connectivity index (χ0n) is 12.7. The number of benzene rings is 2. The molecule has 1 N–H and O–H groups in total. The molecule has 0 bridgehead atoms. The number of amides is 1. The van der Waals surface area contributed by atoms with Gasteiger partial charge in [-0.1, -0.05) is 17.4 Å². The molecule has 0 saturated heterocycles. The second-order valence-electron chi connectivity index (χ2n) is 5.24. The second-order valence-corrected chi connectivity index (χ2v) is 7.32. The molecule has 0 saturated carbocycles. The van der Waals surface area contributed by atoms with E-state index in [-0.39, 0.29) is 17.5 Å². The highest BCUT2D eigenvalue weighted by molar-refractivity contribution is 8.00. The third-order valence-electron chi connectivity index (χ3n) is 3.26. The van der Waals surface area contributed by atoms with Crippen LogP contribution in [0.4, 0.5) is 9.52 Å². The normalized spacial score (nSPS) is 10.9. The number of thiazole rings is 1. The van der Waals surface area contributed by atoms with E-state index in [9.17, 15) is 9.18 Å². The van der Waals surface area contributed by atoms with E-state index in [0.717, 1.165) is 20.7 Å². The van der Waals surface area contributed by atoms with Gasteiger partial charge in [-0.3, -0.25) is 4.79 Å². The molecule has 118 valence electrons. The van der Waals surface area contributed by atoms with Crippen molar-refractivity contribution in [3.8, 4) is 0 Å². The maximum atomic E-state index is 12.8. The van der Waals surface area contributed by atoms with Gasteiger partial charge in [0, 0.05) is 4.90 Å². The number of halogens is 1. The molecular weight excluding hydrogens is 331 g/mol. The van der Waals surface area contributed by atoms with Crippen molar-refractivity contribution in [2.75, 3.05) is 11.1 Å². The van der Waals surface area contributed by atoms with Gasteiger partial charge in [0.05, 0.1) is 16.0 Å². The van der Waals surface area contributed by atoms with Gasteiger partial charge in [0.1, 0.15) is 5.82 Å². The molecule has 2 aromatic carbocycles. The van der Waals surface area contributed by atoms with E-state index in [1.54, 1.807) is 12.1 Å². The van der Waals surface area contributed by atoms with Crippen molar-refractivity contribution in [2.45, 2.75) is 18.7 Å². The Labute approximate surface area is 141 Å². The summed E-state index contributed by atoms with van der Waals surface area (Å²) in [6.07, 6.45) is 0. The maximum absolute atomic E-state index is 12.8. The van der Waals surface area contributed by atoms with E-state index in [0.29, 0.717) is 5.13 Å². The quantitative estimate of drug-likeness (QED) is 0.691. The molecule has 0 aliphatic rings. The van der Waals surface area contributed by atoms with Gasteiger partial charge in [0.15, 0.2) is 5.13 Å². The molecule has 1 heterocycles. The summed E-state index contributed by atoms with van der Waals surface area (Å²) in [6, 6.07) is 10.3. The summed E-state index contributed by atoms with van der Waals surface area (Å²) < 4.78 is 13.9. The van der Waals surface area contributed by atoms with Crippen molar-refractivity contribution >= 4 is 44.4 Å². The third-order valence-corrected chi connectivity index (χ3v) is 5.19. The molecule has 6 heteroatoms. The van der Waals surface area contributed by atoms with Crippen molar-refractivity contribution in [1.82, 2.24) is 4.98 Å². The van der Waals surface area contributed by atoms with Crippen molar-refractivity contribution in [3.05, 3.63) is 53.3 Å². The Morgan fingerprint density at radius 1 is 1.26 bits per heavy atom. The first-order chi connectivity index (χ1) is 11.0. The number of rotatable bonds is 4. The highest BCUT2D eigenvalue weighted by Crippen LogP contribution is 2.29. The van der Waals surface area contributed by atoms with Crippen LogP contribution in [0.3, 0.4) is 0 Å². The van der Waals surface area contributed by atoms with Crippen LogP contribution in [0.15, 0.2) is 41.3 Å². The van der Waals surface area contributed by atoms with Crippen molar-refractivity contribution < 1.29 is 9.18 Å². The molecule has 0 spiro atoms. The van der Waals surface area contributed by atoms with Crippen LogP contribution in [-0.4, -0.2) is 16.6 Å². The minimum absolute atomic E-state index is 0.118. The molecule has 3 aromatic rings. The summed E-state index contributed by atoms with van der Waals surface area (Å²) in [5.74, 6) is -0.133. The number of hydrogen-bond acceptors (Lipinski definition) is 4. The number of carbonyl (C=O) groups excluding carboxylic acids is 1. The maximum Gasteiger partial charge on any atom is 0.236 e. The van der Waals surface area contributed by atoms with Gasteiger partial charge in [-0.15, -0.1) is 11.8 Å². The zero-order chi connectivity index (χ0) is 16.4. The number of aryl methyl sites for hydroxylation is 2. The number of carbonyl (C=O) groups is 1. The molecule has 1 aromatic heterocycles. The van der Waals surface area contributed by atoms with Gasteiger partial charge in [-0.05, 0) is 55.3 Å². The van der Waals surface area contributed by atoms with E-state index in [4.69, 9.17) is 0 Å². The lowest BCUT2D eigenvalue weighted by Crippen LogP contribution is -2.13. The van der Waals surface area contributed by atoms with Crippen LogP contribution in [0.25, 0.3) is 10.2 Å². The molecule has 3 rings (SSSR count). The standard InChI is InChI=1S/C17H15FN2OS2/c1-10-7-11(2)16-14(8-10)23-17(20-16)19-15(21)9-22-13-5-3-12(18)4-6-13/h3-8H,9H2,1-2H3,(H,19,20,21). The fourth-order valence-corrected chi connectivity index (χ4v) is 4.02. The van der Waals surface area contributed by atoms with Crippen LogP contribution < -0.4 is 5.32 Å². The molecule has 23 heavy (non-hydrogen) atoms. The highest BCUT2D eigenvalue weighted by atomic mass is 32.2. The SMILES string of the molecule is Cc1cc(C)c2nc(NC(=O)CSc3ccc(F)cc3)sc2c1. The van der Waals surface area contributed by atoms with E-state index in [2.05, 4.69) is 22.4 Å². The zero-order valence-corrected chi connectivity index (χ0v) is 14.4. The van der Waals surface area contributed by atoms with Gasteiger partial charge in [0.2, 0.25) is 5.91 Å². The number of thioether (sulfide) groups is 1. The Bertz CT molecular complexity index is 859. The van der Waals surface area contributed by atoms with E-state index in [1.165, 1.54) is 40.8 Å². The first-order valence-corrected chi connectivity index (χ1v) is 8.87. The van der Waals surface area contributed by atoms with Gasteiger partial charge in [-0.2, -0.15) is 0 Å². The summed E-state index contributed by atoms with van der Waals surface area (Å²) in [4.78, 5) is 17.4. The van der Waals surface area contributed by atoms with Crippen LogP contribution in [0.2, 0.25) is 0 Å². The number of anilines is 1. The van der Waals surface area contributed by atoms with Crippen LogP contribution in [0, 0.1) is 19.7 Å². The van der Waals surface area contributed by atoms with Gasteiger partial charge in [-0.25, -0.2) is 9.37 Å². The highest BCUT2D eigenvalue weighted by Gasteiger charge is 2.10. The van der Waals surface area contributed by atoms with Crippen LogP contribution in [0.5, 0.6) is 0 Å². The summed E-state index contributed by atoms with van der Waals surface area (Å²) in [5, 5.41) is 3.44. The number of aromatic nitrogens is 1. The average molecular weight is 346 g/mol. The molecule has 0 atom stereocenters. The summed E-state index contributed by atoms with van der Waals surface area (Å²) >= 11 is 2.84. The largest absolute Gasteiger partial charge is 0.301 e. The number of hydrogen-bond donors (Lipinski definition) is 1. The predicted molar refractivity (Wildman–Crippen MR) is 94.8 cm³/mol. The summed E-state index contributed by atoms with van der Waals surface area (Å²) in [5.41, 5.74) is 3.22. The lowest BCUT2D eigenvalue weighted by atomic mass is 10.1. The first-order valence-electron chi connectivity index (χ1n) is 7.07. The minimum atomic E-state index is -0.279. The van der Waals surface area contributed by atoms with Crippen molar-refractivity contribution in [1.29, 1.82) is 0 Å². The monoisotopic (exact) mass is 346 g/mol. The molecular formula is C17H15FN2OS2. The third kappa shape index (κ3) is 3.89. The van der Waals surface area contributed by atoms with E-state index in [1.807, 2.05) is 13.8 Å². The molecule has 0 unspecified atom stereocenters.